The minimum atomic E-state index is -0.226. The minimum absolute atomic E-state index is 0.0854. The number of rotatable bonds is 2. The largest absolute Gasteiger partial charge is 0.372 e. The van der Waals surface area contributed by atoms with E-state index in [4.69, 9.17) is 4.74 Å². The van der Waals surface area contributed by atoms with Crippen LogP contribution in [0.25, 0.3) is 0 Å². The van der Waals surface area contributed by atoms with Crippen LogP contribution in [0.4, 0.5) is 10.1 Å². The molecule has 0 saturated carbocycles. The minimum Gasteiger partial charge on any atom is -0.372 e. The van der Waals surface area contributed by atoms with Crippen LogP contribution in [0.1, 0.15) is 23.8 Å². The molecular formula is C17H19FN2O. The van der Waals surface area contributed by atoms with Gasteiger partial charge in [0.2, 0.25) is 0 Å². The molecule has 1 atom stereocenters. The van der Waals surface area contributed by atoms with Crippen molar-refractivity contribution in [2.24, 2.45) is 0 Å². The van der Waals surface area contributed by atoms with Gasteiger partial charge in [0.15, 0.2) is 5.82 Å². The van der Waals surface area contributed by atoms with Crippen molar-refractivity contribution in [2.45, 2.75) is 19.4 Å². The summed E-state index contributed by atoms with van der Waals surface area (Å²) < 4.78 is 20.1. The van der Waals surface area contributed by atoms with Gasteiger partial charge in [0.05, 0.1) is 24.1 Å². The molecule has 1 aliphatic heterocycles. The van der Waals surface area contributed by atoms with Gasteiger partial charge in [0.25, 0.3) is 0 Å². The number of anilines is 1. The molecule has 4 heteroatoms. The number of aryl methyl sites for hydroxylation is 1. The van der Waals surface area contributed by atoms with Gasteiger partial charge in [-0.15, -0.1) is 0 Å². The third kappa shape index (κ3) is 3.05. The first kappa shape index (κ1) is 14.0. The molecule has 0 amide bonds. The molecule has 3 nitrogen and oxygen atoms in total. The standard InChI is InChI=1S/C17H19FN2O/c1-13-17(18)15(7-9-19-13)20-10-8-16(21-12-11-20)14-5-3-2-4-6-14/h2-7,9,16H,8,10-12H2,1H3. The molecule has 2 heterocycles. The Bertz CT molecular complexity index is 603. The van der Waals surface area contributed by atoms with E-state index in [1.54, 1.807) is 19.2 Å². The van der Waals surface area contributed by atoms with Crippen LogP contribution in [0.2, 0.25) is 0 Å². The normalized spacial score (nSPS) is 19.3. The second-order valence-corrected chi connectivity index (χ2v) is 5.28. The first-order valence-corrected chi connectivity index (χ1v) is 7.28. The SMILES string of the molecule is Cc1nccc(N2CCOC(c3ccccc3)CC2)c1F. The number of benzene rings is 1. The Balaban J connectivity index is 1.75. The van der Waals surface area contributed by atoms with Crippen LogP contribution in [-0.4, -0.2) is 24.7 Å². The van der Waals surface area contributed by atoms with Gasteiger partial charge in [0, 0.05) is 19.3 Å². The highest BCUT2D eigenvalue weighted by atomic mass is 19.1. The van der Waals surface area contributed by atoms with Gasteiger partial charge in [0.1, 0.15) is 0 Å². The van der Waals surface area contributed by atoms with E-state index in [9.17, 15) is 4.39 Å². The average molecular weight is 286 g/mol. The van der Waals surface area contributed by atoms with E-state index in [1.807, 2.05) is 23.1 Å². The molecule has 21 heavy (non-hydrogen) atoms. The number of aromatic nitrogens is 1. The van der Waals surface area contributed by atoms with Crippen molar-refractivity contribution in [2.75, 3.05) is 24.6 Å². The molecular weight excluding hydrogens is 267 g/mol. The summed E-state index contributed by atoms with van der Waals surface area (Å²) in [4.78, 5) is 6.04. The molecule has 0 spiro atoms. The van der Waals surface area contributed by atoms with Crippen molar-refractivity contribution < 1.29 is 9.13 Å². The molecule has 1 saturated heterocycles. The fraction of sp³-hybridized carbons (Fsp3) is 0.353. The first-order chi connectivity index (χ1) is 10.3. The maximum Gasteiger partial charge on any atom is 0.167 e. The van der Waals surface area contributed by atoms with Gasteiger partial charge < -0.3 is 9.64 Å². The quantitative estimate of drug-likeness (QED) is 0.845. The predicted molar refractivity (Wildman–Crippen MR) is 80.9 cm³/mol. The molecule has 1 fully saturated rings. The number of pyridine rings is 1. The predicted octanol–water partition coefficient (Wildman–Crippen LogP) is 3.50. The van der Waals surface area contributed by atoms with Gasteiger partial charge in [-0.25, -0.2) is 4.39 Å². The number of nitrogens with zero attached hydrogens (tertiary/aromatic N) is 2. The zero-order valence-corrected chi connectivity index (χ0v) is 12.1. The van der Waals surface area contributed by atoms with Gasteiger partial charge >= 0.3 is 0 Å². The second-order valence-electron chi connectivity index (χ2n) is 5.28. The number of hydrogen-bond donors (Lipinski definition) is 0. The van der Waals surface area contributed by atoms with Crippen molar-refractivity contribution in [1.82, 2.24) is 4.98 Å². The smallest absolute Gasteiger partial charge is 0.167 e. The van der Waals surface area contributed by atoms with Crippen molar-refractivity contribution in [3.8, 4) is 0 Å². The Labute approximate surface area is 124 Å². The van der Waals surface area contributed by atoms with E-state index in [-0.39, 0.29) is 11.9 Å². The fourth-order valence-corrected chi connectivity index (χ4v) is 2.72. The van der Waals surface area contributed by atoms with Crippen LogP contribution in [0.15, 0.2) is 42.6 Å². The summed E-state index contributed by atoms with van der Waals surface area (Å²) in [7, 11) is 0. The maximum absolute atomic E-state index is 14.2. The van der Waals surface area contributed by atoms with Crippen LogP contribution in [0.5, 0.6) is 0 Å². The highest BCUT2D eigenvalue weighted by molar-refractivity contribution is 5.48. The summed E-state index contributed by atoms with van der Waals surface area (Å²) in [6.45, 7) is 3.77. The van der Waals surface area contributed by atoms with Crippen LogP contribution in [-0.2, 0) is 4.74 Å². The zero-order chi connectivity index (χ0) is 14.7. The molecule has 1 aromatic heterocycles. The molecule has 0 bridgehead atoms. The molecule has 0 N–H and O–H groups in total. The summed E-state index contributed by atoms with van der Waals surface area (Å²) in [5, 5.41) is 0. The lowest BCUT2D eigenvalue weighted by molar-refractivity contribution is 0.0647. The van der Waals surface area contributed by atoms with Crippen LogP contribution in [0.3, 0.4) is 0 Å². The average Bonchev–Trinajstić information content (AvgIpc) is 2.77. The second kappa shape index (κ2) is 6.22. The highest BCUT2D eigenvalue weighted by Gasteiger charge is 2.21. The van der Waals surface area contributed by atoms with E-state index < -0.39 is 0 Å². The van der Waals surface area contributed by atoms with Gasteiger partial charge in [-0.05, 0) is 25.0 Å². The van der Waals surface area contributed by atoms with Gasteiger partial charge in [-0.2, -0.15) is 0 Å². The number of ether oxygens (including phenoxy) is 1. The lowest BCUT2D eigenvalue weighted by atomic mass is 10.1. The Hall–Kier alpha value is -1.94. The Morgan fingerprint density at radius 2 is 2.00 bits per heavy atom. The summed E-state index contributed by atoms with van der Waals surface area (Å²) >= 11 is 0. The maximum atomic E-state index is 14.2. The fourth-order valence-electron chi connectivity index (χ4n) is 2.72. The van der Waals surface area contributed by atoms with E-state index in [2.05, 4.69) is 17.1 Å². The summed E-state index contributed by atoms with van der Waals surface area (Å²) in [5.41, 5.74) is 2.25. The summed E-state index contributed by atoms with van der Waals surface area (Å²) in [6.07, 6.45) is 2.60. The number of halogens is 1. The molecule has 3 rings (SSSR count). The Morgan fingerprint density at radius 1 is 1.19 bits per heavy atom. The summed E-state index contributed by atoms with van der Waals surface area (Å²) in [6, 6.07) is 11.9. The molecule has 2 aromatic rings. The summed E-state index contributed by atoms with van der Waals surface area (Å²) in [5.74, 6) is -0.226. The van der Waals surface area contributed by atoms with E-state index in [0.717, 1.165) is 13.0 Å². The third-order valence-electron chi connectivity index (χ3n) is 3.90. The lowest BCUT2D eigenvalue weighted by Gasteiger charge is -2.22. The van der Waals surface area contributed by atoms with Crippen LogP contribution < -0.4 is 4.90 Å². The molecule has 1 unspecified atom stereocenters. The third-order valence-corrected chi connectivity index (χ3v) is 3.90. The molecule has 0 aliphatic carbocycles. The first-order valence-electron chi connectivity index (χ1n) is 7.28. The van der Waals surface area contributed by atoms with Crippen molar-refractivity contribution in [1.29, 1.82) is 0 Å². The highest BCUT2D eigenvalue weighted by Crippen LogP contribution is 2.27. The van der Waals surface area contributed by atoms with Gasteiger partial charge in [-0.1, -0.05) is 30.3 Å². The van der Waals surface area contributed by atoms with Crippen molar-refractivity contribution in [3.63, 3.8) is 0 Å². The number of hydrogen-bond acceptors (Lipinski definition) is 3. The molecule has 1 aliphatic rings. The lowest BCUT2D eigenvalue weighted by Crippen LogP contribution is -2.27. The topological polar surface area (TPSA) is 25.4 Å². The van der Waals surface area contributed by atoms with Crippen LogP contribution >= 0.6 is 0 Å². The van der Waals surface area contributed by atoms with Crippen molar-refractivity contribution in [3.05, 3.63) is 59.7 Å². The Morgan fingerprint density at radius 3 is 2.81 bits per heavy atom. The van der Waals surface area contributed by atoms with Crippen molar-refractivity contribution >= 4 is 5.69 Å². The monoisotopic (exact) mass is 286 g/mol. The Kier molecular flexibility index (Phi) is 4.15. The molecule has 0 radical (unpaired) electrons. The van der Waals surface area contributed by atoms with Crippen LogP contribution in [0, 0.1) is 12.7 Å². The molecule has 110 valence electrons. The van der Waals surface area contributed by atoms with E-state index in [1.165, 1.54) is 5.56 Å². The zero-order valence-electron chi connectivity index (χ0n) is 12.1. The molecule has 1 aromatic carbocycles. The van der Waals surface area contributed by atoms with E-state index >= 15 is 0 Å². The van der Waals surface area contributed by atoms with E-state index in [0.29, 0.717) is 24.5 Å². The van der Waals surface area contributed by atoms with Gasteiger partial charge in [-0.3, -0.25) is 4.98 Å².